The molecule has 1 heterocycles. The molecule has 0 unspecified atom stereocenters. The van der Waals surface area contributed by atoms with Crippen LogP contribution in [0.5, 0.6) is 5.75 Å². The Morgan fingerprint density at radius 2 is 1.88 bits per heavy atom. The van der Waals surface area contributed by atoms with Gasteiger partial charge in [-0.15, -0.1) is 0 Å². The summed E-state index contributed by atoms with van der Waals surface area (Å²) in [6.07, 6.45) is 0.0780. The lowest BCUT2D eigenvalue weighted by atomic mass is 10.1. The largest absolute Gasteiger partial charge is 0.508 e. The van der Waals surface area contributed by atoms with Gasteiger partial charge in [-0.3, -0.25) is 4.79 Å². The molecule has 6 nitrogen and oxygen atoms in total. The highest BCUT2D eigenvalue weighted by Crippen LogP contribution is 2.26. The van der Waals surface area contributed by atoms with E-state index in [0.717, 1.165) is 12.1 Å². The summed E-state index contributed by atoms with van der Waals surface area (Å²) in [6, 6.07) is 8.94. The Hall–Kier alpha value is -2.74. The zero-order chi connectivity index (χ0) is 17.3. The summed E-state index contributed by atoms with van der Waals surface area (Å²) in [5, 5.41) is 13.2. The third-order valence-corrected chi connectivity index (χ3v) is 5.38. The molecule has 0 spiro atoms. The van der Waals surface area contributed by atoms with Gasteiger partial charge in [0, 0.05) is 17.5 Å². The van der Waals surface area contributed by atoms with Gasteiger partial charge in [0.15, 0.2) is 9.84 Å². The second-order valence-electron chi connectivity index (χ2n) is 5.26. The number of halogens is 1. The van der Waals surface area contributed by atoms with Crippen molar-refractivity contribution in [2.45, 2.75) is 11.3 Å². The van der Waals surface area contributed by atoms with Crippen molar-refractivity contribution in [3.05, 3.63) is 59.4 Å². The number of benzene rings is 2. The minimum Gasteiger partial charge on any atom is -0.508 e. The van der Waals surface area contributed by atoms with Crippen LogP contribution in [-0.2, 0) is 9.84 Å². The smallest absolute Gasteiger partial charge is 0.271 e. The summed E-state index contributed by atoms with van der Waals surface area (Å²) >= 11 is 0. The van der Waals surface area contributed by atoms with Crippen molar-refractivity contribution in [1.29, 1.82) is 0 Å². The van der Waals surface area contributed by atoms with Crippen LogP contribution < -0.4 is 5.43 Å². The van der Waals surface area contributed by atoms with Gasteiger partial charge in [0.1, 0.15) is 11.6 Å². The van der Waals surface area contributed by atoms with E-state index >= 15 is 0 Å². The highest BCUT2D eigenvalue weighted by atomic mass is 32.2. The second kappa shape index (κ2) is 6.04. The van der Waals surface area contributed by atoms with Crippen LogP contribution in [0, 0.1) is 5.82 Å². The van der Waals surface area contributed by atoms with Crippen LogP contribution in [0.3, 0.4) is 0 Å². The number of phenolic OH excluding ortho intramolecular Hbond substituents is 1. The normalized spacial score (nSPS) is 17.3. The van der Waals surface area contributed by atoms with E-state index in [-0.39, 0.29) is 33.9 Å². The van der Waals surface area contributed by atoms with Gasteiger partial charge in [-0.2, -0.15) is 5.10 Å². The predicted molar refractivity (Wildman–Crippen MR) is 85.2 cm³/mol. The lowest BCUT2D eigenvalue weighted by Crippen LogP contribution is -2.26. The Morgan fingerprint density at radius 1 is 1.17 bits per heavy atom. The molecule has 0 bridgehead atoms. The first-order valence-corrected chi connectivity index (χ1v) is 8.71. The number of aromatic hydroxyl groups is 1. The number of fused-ring (bicyclic) bond motifs is 1. The molecule has 1 amide bonds. The molecule has 1 aliphatic heterocycles. The number of carbonyl (C=O) groups is 1. The molecule has 24 heavy (non-hydrogen) atoms. The molecule has 0 saturated carbocycles. The zero-order valence-electron chi connectivity index (χ0n) is 12.4. The molecule has 2 aromatic carbocycles. The number of nitrogens with zero attached hydrogens (tertiary/aromatic N) is 1. The number of hydrogen-bond donors (Lipinski definition) is 2. The fourth-order valence-corrected chi connectivity index (χ4v) is 3.86. The molecule has 8 heteroatoms. The van der Waals surface area contributed by atoms with Gasteiger partial charge in [-0.05, 0) is 42.5 Å². The SMILES string of the molecule is O=C(N/N=C1/CCS(=O)(=O)c2ccc(F)cc21)c1ccc(O)cc1. The molecule has 2 aromatic rings. The van der Waals surface area contributed by atoms with E-state index < -0.39 is 21.6 Å². The topological polar surface area (TPSA) is 95.8 Å². The fourth-order valence-electron chi connectivity index (χ4n) is 2.39. The lowest BCUT2D eigenvalue weighted by Gasteiger charge is -2.18. The molecule has 1 aliphatic rings. The highest BCUT2D eigenvalue weighted by molar-refractivity contribution is 7.91. The van der Waals surface area contributed by atoms with E-state index in [1.807, 2.05) is 0 Å². The van der Waals surface area contributed by atoms with Crippen LogP contribution in [0.4, 0.5) is 4.39 Å². The average molecular weight is 348 g/mol. The van der Waals surface area contributed by atoms with Gasteiger partial charge in [0.2, 0.25) is 0 Å². The van der Waals surface area contributed by atoms with E-state index in [4.69, 9.17) is 0 Å². The molecule has 0 fully saturated rings. The van der Waals surface area contributed by atoms with Crippen LogP contribution in [0.15, 0.2) is 52.5 Å². The van der Waals surface area contributed by atoms with Crippen molar-refractivity contribution in [1.82, 2.24) is 5.43 Å². The molecule has 0 aliphatic carbocycles. The number of phenols is 1. The Bertz CT molecular complexity index is 937. The van der Waals surface area contributed by atoms with Crippen molar-refractivity contribution >= 4 is 21.5 Å². The molecule has 0 aromatic heterocycles. The van der Waals surface area contributed by atoms with Crippen molar-refractivity contribution in [2.24, 2.45) is 5.10 Å². The van der Waals surface area contributed by atoms with Gasteiger partial charge < -0.3 is 5.11 Å². The highest BCUT2D eigenvalue weighted by Gasteiger charge is 2.28. The first-order chi connectivity index (χ1) is 11.4. The summed E-state index contributed by atoms with van der Waals surface area (Å²) in [5.74, 6) is -1.23. The zero-order valence-corrected chi connectivity index (χ0v) is 13.2. The van der Waals surface area contributed by atoms with Crippen LogP contribution in [-0.4, -0.2) is 30.9 Å². The van der Waals surface area contributed by atoms with Crippen LogP contribution in [0.2, 0.25) is 0 Å². The van der Waals surface area contributed by atoms with Crippen molar-refractivity contribution in [2.75, 3.05) is 5.75 Å². The number of nitrogens with one attached hydrogen (secondary N) is 1. The van der Waals surface area contributed by atoms with Gasteiger partial charge in [-0.1, -0.05) is 0 Å². The third kappa shape index (κ3) is 3.13. The van der Waals surface area contributed by atoms with Gasteiger partial charge >= 0.3 is 0 Å². The van der Waals surface area contributed by atoms with E-state index in [0.29, 0.717) is 5.71 Å². The molecule has 0 radical (unpaired) electrons. The van der Waals surface area contributed by atoms with E-state index in [2.05, 4.69) is 10.5 Å². The number of amides is 1. The summed E-state index contributed by atoms with van der Waals surface area (Å²) in [6.45, 7) is 0. The standard InChI is InChI=1S/C16H13FN2O4S/c17-11-3-6-15-13(9-11)14(7-8-24(15,22)23)18-19-16(21)10-1-4-12(20)5-2-10/h1-6,9,20H,7-8H2,(H,19,21)/b18-14-. The second-order valence-corrected chi connectivity index (χ2v) is 7.33. The maximum absolute atomic E-state index is 13.5. The molecular formula is C16H13FN2O4S. The van der Waals surface area contributed by atoms with Crippen molar-refractivity contribution in [3.8, 4) is 5.75 Å². The Kier molecular flexibility index (Phi) is 4.06. The summed E-state index contributed by atoms with van der Waals surface area (Å²) in [7, 11) is -3.48. The molecule has 124 valence electrons. The molecule has 3 rings (SSSR count). The van der Waals surface area contributed by atoms with Crippen molar-refractivity contribution in [3.63, 3.8) is 0 Å². The van der Waals surface area contributed by atoms with Crippen LogP contribution in [0.25, 0.3) is 0 Å². The van der Waals surface area contributed by atoms with E-state index in [9.17, 15) is 22.7 Å². The summed E-state index contributed by atoms with van der Waals surface area (Å²) in [5.41, 5.74) is 3.06. The Balaban J connectivity index is 1.90. The maximum Gasteiger partial charge on any atom is 0.271 e. The third-order valence-electron chi connectivity index (χ3n) is 3.62. The lowest BCUT2D eigenvalue weighted by molar-refractivity contribution is 0.0955. The first-order valence-electron chi connectivity index (χ1n) is 7.05. The minimum atomic E-state index is -3.48. The predicted octanol–water partition coefficient (Wildman–Crippen LogP) is 1.84. The number of carbonyl (C=O) groups excluding carboxylic acids is 1. The Morgan fingerprint density at radius 3 is 2.58 bits per heavy atom. The number of rotatable bonds is 2. The monoisotopic (exact) mass is 348 g/mol. The minimum absolute atomic E-state index is 0.00721. The number of hydrogen-bond acceptors (Lipinski definition) is 5. The Labute approximate surface area is 137 Å². The van der Waals surface area contributed by atoms with Crippen molar-refractivity contribution < 1.29 is 22.7 Å². The van der Waals surface area contributed by atoms with E-state index in [1.54, 1.807) is 0 Å². The van der Waals surface area contributed by atoms with Crippen LogP contribution >= 0.6 is 0 Å². The van der Waals surface area contributed by atoms with Gasteiger partial charge in [0.25, 0.3) is 5.91 Å². The van der Waals surface area contributed by atoms with Gasteiger partial charge in [0.05, 0.1) is 16.4 Å². The number of hydrazone groups is 1. The summed E-state index contributed by atoms with van der Waals surface area (Å²) < 4.78 is 37.5. The molecular weight excluding hydrogens is 335 g/mol. The quantitative estimate of drug-likeness (QED) is 0.639. The fraction of sp³-hybridized carbons (Fsp3) is 0.125. The molecule has 0 atom stereocenters. The summed E-state index contributed by atoms with van der Waals surface area (Å²) in [4.78, 5) is 12.0. The molecule has 0 saturated heterocycles. The van der Waals surface area contributed by atoms with Gasteiger partial charge in [-0.25, -0.2) is 18.2 Å². The maximum atomic E-state index is 13.5. The van der Waals surface area contributed by atoms with Crippen LogP contribution in [0.1, 0.15) is 22.3 Å². The number of sulfone groups is 1. The molecule has 2 N–H and O–H groups in total. The van der Waals surface area contributed by atoms with E-state index in [1.165, 1.54) is 30.3 Å². The first kappa shape index (κ1) is 16.1. The average Bonchev–Trinajstić information content (AvgIpc) is 2.54.